The highest BCUT2D eigenvalue weighted by Crippen LogP contribution is 2.23. The number of carbonyl (C=O) groups excluding carboxylic acids is 2. The van der Waals surface area contributed by atoms with Crippen LogP contribution in [-0.4, -0.2) is 18.9 Å². The van der Waals surface area contributed by atoms with E-state index in [2.05, 4.69) is 5.32 Å². The Bertz CT molecular complexity index is 715. The lowest BCUT2D eigenvalue weighted by atomic mass is 10.2. The van der Waals surface area contributed by atoms with E-state index in [1.807, 2.05) is 5.32 Å². The van der Waals surface area contributed by atoms with Gasteiger partial charge in [0.05, 0.1) is 12.8 Å². The number of ether oxygens (including phenoxy) is 1. The lowest BCUT2D eigenvalue weighted by Gasteiger charge is -2.10. The van der Waals surface area contributed by atoms with Crippen molar-refractivity contribution in [2.45, 2.75) is 6.42 Å². The van der Waals surface area contributed by atoms with Crippen molar-refractivity contribution in [1.29, 1.82) is 0 Å². The van der Waals surface area contributed by atoms with Gasteiger partial charge in [-0.25, -0.2) is 8.78 Å². The molecule has 7 heteroatoms. The second kappa shape index (κ2) is 7.35. The summed E-state index contributed by atoms with van der Waals surface area (Å²) in [7, 11) is 1.44. The lowest BCUT2D eigenvalue weighted by molar-refractivity contribution is -0.123. The van der Waals surface area contributed by atoms with Crippen LogP contribution in [0.15, 0.2) is 42.5 Å². The largest absolute Gasteiger partial charge is 0.495 e. The van der Waals surface area contributed by atoms with Crippen LogP contribution >= 0.6 is 0 Å². The minimum Gasteiger partial charge on any atom is -0.495 e. The maximum absolute atomic E-state index is 13.4. The number of para-hydroxylation sites is 3. The summed E-state index contributed by atoms with van der Waals surface area (Å²) in [4.78, 5) is 23.6. The highest BCUT2D eigenvalue weighted by molar-refractivity contribution is 6.08. The molecule has 120 valence electrons. The summed E-state index contributed by atoms with van der Waals surface area (Å²) in [6.45, 7) is 0. The summed E-state index contributed by atoms with van der Waals surface area (Å²) in [5, 5.41) is 4.54. The second-order valence-electron chi connectivity index (χ2n) is 4.57. The number of hydrogen-bond acceptors (Lipinski definition) is 3. The number of anilines is 2. The molecule has 0 radical (unpaired) electrons. The first kappa shape index (κ1) is 16.4. The van der Waals surface area contributed by atoms with Gasteiger partial charge < -0.3 is 15.4 Å². The average molecular weight is 320 g/mol. The number of rotatable bonds is 5. The van der Waals surface area contributed by atoms with Gasteiger partial charge in [-0.3, -0.25) is 9.59 Å². The predicted octanol–water partition coefficient (Wildman–Crippen LogP) is 2.94. The number of carbonyl (C=O) groups is 2. The van der Waals surface area contributed by atoms with Crippen LogP contribution in [0.5, 0.6) is 5.75 Å². The Morgan fingerprint density at radius 2 is 1.57 bits per heavy atom. The molecule has 2 amide bonds. The van der Waals surface area contributed by atoms with Crippen LogP contribution in [0.1, 0.15) is 6.42 Å². The van der Waals surface area contributed by atoms with Crippen LogP contribution in [0.3, 0.4) is 0 Å². The highest BCUT2D eigenvalue weighted by atomic mass is 19.1. The molecule has 0 aliphatic rings. The Morgan fingerprint density at radius 3 is 2.22 bits per heavy atom. The first-order chi connectivity index (χ1) is 11.0. The van der Waals surface area contributed by atoms with Gasteiger partial charge in [0.1, 0.15) is 29.5 Å². The molecule has 0 heterocycles. The minimum absolute atomic E-state index is 0.393. The lowest BCUT2D eigenvalue weighted by Crippen LogP contribution is -2.22. The molecule has 0 aliphatic heterocycles. The molecule has 0 unspecified atom stereocenters. The molecular weight excluding hydrogens is 306 g/mol. The Hall–Kier alpha value is -2.96. The van der Waals surface area contributed by atoms with E-state index in [1.165, 1.54) is 13.2 Å². The first-order valence-corrected chi connectivity index (χ1v) is 6.68. The molecule has 0 saturated heterocycles. The van der Waals surface area contributed by atoms with Crippen molar-refractivity contribution in [3.05, 3.63) is 54.1 Å². The van der Waals surface area contributed by atoms with Gasteiger partial charge in [0, 0.05) is 0 Å². The zero-order chi connectivity index (χ0) is 16.8. The van der Waals surface area contributed by atoms with Crippen molar-refractivity contribution in [1.82, 2.24) is 0 Å². The van der Waals surface area contributed by atoms with E-state index in [4.69, 9.17) is 4.74 Å². The van der Waals surface area contributed by atoms with Gasteiger partial charge in [-0.1, -0.05) is 18.2 Å². The molecule has 0 spiro atoms. The van der Waals surface area contributed by atoms with Crippen molar-refractivity contribution in [3.63, 3.8) is 0 Å². The van der Waals surface area contributed by atoms with Gasteiger partial charge in [-0.2, -0.15) is 0 Å². The standard InChI is InChI=1S/C16H14F2N2O3/c1-23-13-8-3-2-7-12(13)19-14(21)9-15(22)20-16-10(17)5-4-6-11(16)18/h2-8H,9H2,1H3,(H,19,21)(H,20,22). The maximum Gasteiger partial charge on any atom is 0.233 e. The van der Waals surface area contributed by atoms with Crippen LogP contribution in [-0.2, 0) is 9.59 Å². The molecule has 0 fully saturated rings. The van der Waals surface area contributed by atoms with Gasteiger partial charge in [-0.15, -0.1) is 0 Å². The summed E-state index contributed by atoms with van der Waals surface area (Å²) >= 11 is 0. The summed E-state index contributed by atoms with van der Waals surface area (Å²) < 4.78 is 31.9. The zero-order valence-electron chi connectivity index (χ0n) is 12.2. The number of halogens is 2. The van der Waals surface area contributed by atoms with Crippen LogP contribution < -0.4 is 15.4 Å². The van der Waals surface area contributed by atoms with Crippen LogP contribution in [0, 0.1) is 11.6 Å². The van der Waals surface area contributed by atoms with E-state index < -0.39 is 35.6 Å². The van der Waals surface area contributed by atoms with Crippen LogP contribution in [0.4, 0.5) is 20.2 Å². The van der Waals surface area contributed by atoms with Crippen molar-refractivity contribution in [2.75, 3.05) is 17.7 Å². The predicted molar refractivity (Wildman–Crippen MR) is 81.2 cm³/mol. The van der Waals surface area contributed by atoms with E-state index in [9.17, 15) is 18.4 Å². The topological polar surface area (TPSA) is 67.4 Å². The molecule has 0 atom stereocenters. The Balaban J connectivity index is 1.99. The smallest absolute Gasteiger partial charge is 0.233 e. The van der Waals surface area contributed by atoms with Crippen molar-refractivity contribution >= 4 is 23.2 Å². The van der Waals surface area contributed by atoms with E-state index in [0.29, 0.717) is 11.4 Å². The fourth-order valence-corrected chi connectivity index (χ4v) is 1.89. The molecule has 5 nitrogen and oxygen atoms in total. The van der Waals surface area contributed by atoms with E-state index in [0.717, 1.165) is 12.1 Å². The number of amides is 2. The van der Waals surface area contributed by atoms with Gasteiger partial charge in [0.25, 0.3) is 0 Å². The van der Waals surface area contributed by atoms with Crippen molar-refractivity contribution in [3.8, 4) is 5.75 Å². The fraction of sp³-hybridized carbons (Fsp3) is 0.125. The molecule has 23 heavy (non-hydrogen) atoms. The SMILES string of the molecule is COc1ccccc1NC(=O)CC(=O)Nc1c(F)cccc1F. The quantitative estimate of drug-likeness (QED) is 0.832. The molecule has 0 bridgehead atoms. The molecule has 2 aromatic rings. The highest BCUT2D eigenvalue weighted by Gasteiger charge is 2.15. The van der Waals surface area contributed by atoms with Crippen LogP contribution in [0.2, 0.25) is 0 Å². The average Bonchev–Trinajstić information content (AvgIpc) is 2.51. The van der Waals surface area contributed by atoms with Gasteiger partial charge in [0.15, 0.2) is 0 Å². The summed E-state index contributed by atoms with van der Waals surface area (Å²) in [6.07, 6.45) is -0.591. The number of benzene rings is 2. The Morgan fingerprint density at radius 1 is 0.957 bits per heavy atom. The second-order valence-corrected chi connectivity index (χ2v) is 4.57. The summed E-state index contributed by atoms with van der Waals surface area (Å²) in [6, 6.07) is 9.85. The van der Waals surface area contributed by atoms with E-state index >= 15 is 0 Å². The van der Waals surface area contributed by atoms with E-state index in [1.54, 1.807) is 24.3 Å². The zero-order valence-corrected chi connectivity index (χ0v) is 12.2. The minimum atomic E-state index is -0.913. The number of methoxy groups -OCH3 is 1. The third-order valence-corrected chi connectivity index (χ3v) is 2.93. The van der Waals surface area contributed by atoms with Gasteiger partial charge in [0.2, 0.25) is 11.8 Å². The molecule has 2 aromatic carbocycles. The molecule has 0 saturated carbocycles. The van der Waals surface area contributed by atoms with Crippen LogP contribution in [0.25, 0.3) is 0 Å². The first-order valence-electron chi connectivity index (χ1n) is 6.68. The molecule has 2 rings (SSSR count). The molecule has 0 aliphatic carbocycles. The Kier molecular flexibility index (Phi) is 5.24. The molecule has 0 aromatic heterocycles. The summed E-state index contributed by atoms with van der Waals surface area (Å²) in [5.74, 6) is -2.86. The molecular formula is C16H14F2N2O3. The summed E-state index contributed by atoms with van der Waals surface area (Å²) in [5.41, 5.74) is -0.188. The van der Waals surface area contributed by atoms with Gasteiger partial charge >= 0.3 is 0 Å². The Labute approximate surface area is 131 Å². The molecule has 2 N–H and O–H groups in total. The number of hydrogen-bond donors (Lipinski definition) is 2. The third kappa shape index (κ3) is 4.26. The van der Waals surface area contributed by atoms with Crippen molar-refractivity contribution in [2.24, 2.45) is 0 Å². The monoisotopic (exact) mass is 320 g/mol. The van der Waals surface area contributed by atoms with E-state index in [-0.39, 0.29) is 0 Å². The number of nitrogens with one attached hydrogen (secondary N) is 2. The van der Waals surface area contributed by atoms with Crippen molar-refractivity contribution < 1.29 is 23.1 Å². The fourth-order valence-electron chi connectivity index (χ4n) is 1.89. The van der Waals surface area contributed by atoms with Gasteiger partial charge in [-0.05, 0) is 24.3 Å². The third-order valence-electron chi connectivity index (χ3n) is 2.93. The maximum atomic E-state index is 13.4. The normalized spacial score (nSPS) is 10.0.